The lowest BCUT2D eigenvalue weighted by Crippen LogP contribution is -2.51. The summed E-state index contributed by atoms with van der Waals surface area (Å²) in [6, 6.07) is 10.6. The number of piperazine rings is 1. The molecule has 0 aliphatic carbocycles. The predicted molar refractivity (Wildman–Crippen MR) is 107 cm³/mol. The largest absolute Gasteiger partial charge is 0.466 e. The molecule has 6 nitrogen and oxygen atoms in total. The van der Waals surface area contributed by atoms with Crippen molar-refractivity contribution < 1.29 is 14.3 Å². The van der Waals surface area contributed by atoms with Gasteiger partial charge in [0.25, 0.3) is 0 Å². The van der Waals surface area contributed by atoms with Crippen LogP contribution >= 0.6 is 0 Å². The van der Waals surface area contributed by atoms with Crippen molar-refractivity contribution in [2.75, 3.05) is 39.3 Å². The molecule has 0 aromatic heterocycles. The van der Waals surface area contributed by atoms with Gasteiger partial charge in [0.2, 0.25) is 5.91 Å². The van der Waals surface area contributed by atoms with E-state index >= 15 is 0 Å². The zero-order valence-corrected chi connectivity index (χ0v) is 16.7. The summed E-state index contributed by atoms with van der Waals surface area (Å²) in [5.41, 5.74) is 0.626. The lowest BCUT2D eigenvalue weighted by atomic mass is 9.70. The molecule has 3 fully saturated rings. The highest BCUT2D eigenvalue weighted by Crippen LogP contribution is 2.52. The number of hydrogen-bond donors (Lipinski definition) is 1. The summed E-state index contributed by atoms with van der Waals surface area (Å²) >= 11 is 0. The number of nitrogens with one attached hydrogen (secondary N) is 1. The number of carbonyl (C=O) groups excluding carboxylic acids is 2. The van der Waals surface area contributed by atoms with Crippen LogP contribution in [0.25, 0.3) is 0 Å². The lowest BCUT2D eigenvalue weighted by Gasteiger charge is -2.36. The average molecular weight is 386 g/mol. The Morgan fingerprint density at radius 3 is 2.64 bits per heavy atom. The third-order valence-electron chi connectivity index (χ3n) is 6.71. The maximum Gasteiger partial charge on any atom is 0.314 e. The molecule has 0 unspecified atom stereocenters. The van der Waals surface area contributed by atoms with E-state index < -0.39 is 5.41 Å². The second-order valence-electron chi connectivity index (χ2n) is 8.29. The first kappa shape index (κ1) is 19.4. The monoisotopic (exact) mass is 385 g/mol. The number of hydrogen-bond acceptors (Lipinski definition) is 5. The summed E-state index contributed by atoms with van der Waals surface area (Å²) in [7, 11) is 0. The van der Waals surface area contributed by atoms with Crippen molar-refractivity contribution in [2.45, 2.75) is 44.7 Å². The van der Waals surface area contributed by atoms with Gasteiger partial charge in [-0.2, -0.15) is 0 Å². The van der Waals surface area contributed by atoms with Gasteiger partial charge in [-0.15, -0.1) is 0 Å². The van der Waals surface area contributed by atoms with Crippen molar-refractivity contribution in [3.8, 4) is 0 Å². The molecule has 4 rings (SSSR count). The molecule has 152 valence electrons. The van der Waals surface area contributed by atoms with Crippen molar-refractivity contribution in [1.82, 2.24) is 15.1 Å². The van der Waals surface area contributed by atoms with E-state index in [1.165, 1.54) is 0 Å². The molecular weight excluding hydrogens is 354 g/mol. The number of nitrogens with zero attached hydrogens (tertiary/aromatic N) is 2. The molecule has 0 radical (unpaired) electrons. The maximum absolute atomic E-state index is 13.1. The minimum absolute atomic E-state index is 0.0867. The Balaban J connectivity index is 1.54. The van der Waals surface area contributed by atoms with Gasteiger partial charge in [-0.3, -0.25) is 14.5 Å². The van der Waals surface area contributed by atoms with Crippen molar-refractivity contribution in [2.24, 2.45) is 5.41 Å². The van der Waals surface area contributed by atoms with Crippen LogP contribution in [0.4, 0.5) is 0 Å². The van der Waals surface area contributed by atoms with Crippen LogP contribution in [0.1, 0.15) is 31.7 Å². The molecule has 3 heterocycles. The smallest absolute Gasteiger partial charge is 0.314 e. The SMILES string of the molecule is CCOC(=O)[C@@]1(Cc2ccccc2)C[C@H]2CC[C@@H]1N2CC(=O)N1CCNCC1. The first-order valence-corrected chi connectivity index (χ1v) is 10.6. The van der Waals surface area contributed by atoms with Gasteiger partial charge in [0, 0.05) is 38.3 Å². The third kappa shape index (κ3) is 3.55. The molecule has 3 aliphatic rings. The second-order valence-corrected chi connectivity index (χ2v) is 8.29. The summed E-state index contributed by atoms with van der Waals surface area (Å²) in [6.07, 6.45) is 3.51. The Morgan fingerprint density at radius 2 is 1.93 bits per heavy atom. The third-order valence-corrected chi connectivity index (χ3v) is 6.71. The number of rotatable bonds is 6. The van der Waals surface area contributed by atoms with Crippen LogP contribution in [-0.4, -0.2) is 73.1 Å². The van der Waals surface area contributed by atoms with Crippen molar-refractivity contribution >= 4 is 11.9 Å². The number of esters is 1. The number of carbonyl (C=O) groups is 2. The van der Waals surface area contributed by atoms with Gasteiger partial charge in [0.05, 0.1) is 18.6 Å². The summed E-state index contributed by atoms with van der Waals surface area (Å²) in [4.78, 5) is 30.3. The minimum atomic E-state index is -0.538. The summed E-state index contributed by atoms with van der Waals surface area (Å²) < 4.78 is 5.55. The molecule has 3 aliphatic heterocycles. The number of fused-ring (bicyclic) bond motifs is 2. The van der Waals surface area contributed by atoms with Gasteiger partial charge in [-0.1, -0.05) is 30.3 Å². The summed E-state index contributed by atoms with van der Waals surface area (Å²) in [6.45, 7) is 5.95. The number of benzene rings is 1. The van der Waals surface area contributed by atoms with Gasteiger partial charge in [0.1, 0.15) is 0 Å². The Kier molecular flexibility index (Phi) is 5.69. The van der Waals surface area contributed by atoms with Gasteiger partial charge in [-0.25, -0.2) is 0 Å². The van der Waals surface area contributed by atoms with Crippen LogP contribution in [0.5, 0.6) is 0 Å². The molecule has 3 atom stereocenters. The molecule has 0 spiro atoms. The van der Waals surface area contributed by atoms with Gasteiger partial charge in [-0.05, 0) is 38.2 Å². The van der Waals surface area contributed by atoms with E-state index in [1.807, 2.05) is 30.0 Å². The molecule has 1 amide bonds. The Bertz CT molecular complexity index is 704. The highest BCUT2D eigenvalue weighted by Gasteiger charge is 2.60. The fourth-order valence-electron chi connectivity index (χ4n) is 5.43. The van der Waals surface area contributed by atoms with Gasteiger partial charge in [0.15, 0.2) is 0 Å². The van der Waals surface area contributed by atoms with Crippen molar-refractivity contribution in [3.05, 3.63) is 35.9 Å². The summed E-state index contributed by atoms with van der Waals surface area (Å²) in [5, 5.41) is 3.29. The lowest BCUT2D eigenvalue weighted by molar-refractivity contribution is -0.158. The normalized spacial score (nSPS) is 29.8. The molecule has 6 heteroatoms. The molecular formula is C22H31N3O3. The molecule has 28 heavy (non-hydrogen) atoms. The van der Waals surface area contributed by atoms with Crippen LogP contribution < -0.4 is 5.32 Å². The predicted octanol–water partition coefficient (Wildman–Crippen LogP) is 1.45. The topological polar surface area (TPSA) is 61.9 Å². The van der Waals surface area contributed by atoms with Crippen molar-refractivity contribution in [1.29, 1.82) is 0 Å². The fourth-order valence-corrected chi connectivity index (χ4v) is 5.43. The molecule has 0 saturated carbocycles. The summed E-state index contributed by atoms with van der Waals surface area (Å²) in [5.74, 6) is 0.100. The molecule has 1 aromatic carbocycles. The Labute approximate surface area is 167 Å². The quantitative estimate of drug-likeness (QED) is 0.751. The standard InChI is InChI=1S/C22H31N3O3/c1-2-28-21(27)22(14-17-6-4-3-5-7-17)15-18-8-9-19(22)25(18)16-20(26)24-12-10-23-11-13-24/h3-7,18-19,23H,2,8-16H2,1H3/t18-,19+,22+/m1/s1. The van der Waals surface area contributed by atoms with Crippen LogP contribution in [-0.2, 0) is 20.7 Å². The van der Waals surface area contributed by atoms with E-state index in [4.69, 9.17) is 4.74 Å². The van der Waals surface area contributed by atoms with E-state index in [-0.39, 0.29) is 17.9 Å². The average Bonchev–Trinajstić information content (AvgIpc) is 3.24. The number of ether oxygens (including phenoxy) is 1. The highest BCUT2D eigenvalue weighted by molar-refractivity contribution is 5.81. The molecule has 2 bridgehead atoms. The molecule has 1 N–H and O–H groups in total. The Hall–Kier alpha value is -1.92. The van der Waals surface area contributed by atoms with E-state index in [2.05, 4.69) is 22.3 Å². The van der Waals surface area contributed by atoms with E-state index in [0.29, 0.717) is 25.6 Å². The van der Waals surface area contributed by atoms with Crippen LogP contribution in [0.3, 0.4) is 0 Å². The fraction of sp³-hybridized carbons (Fsp3) is 0.636. The van der Waals surface area contributed by atoms with Crippen LogP contribution in [0.15, 0.2) is 30.3 Å². The zero-order valence-electron chi connectivity index (χ0n) is 16.7. The maximum atomic E-state index is 13.1. The zero-order chi connectivity index (χ0) is 19.6. The number of amides is 1. The first-order valence-electron chi connectivity index (χ1n) is 10.6. The molecule has 3 saturated heterocycles. The highest BCUT2D eigenvalue weighted by atomic mass is 16.5. The second kappa shape index (κ2) is 8.21. The Morgan fingerprint density at radius 1 is 1.18 bits per heavy atom. The van der Waals surface area contributed by atoms with Gasteiger partial charge < -0.3 is 15.0 Å². The van der Waals surface area contributed by atoms with Crippen LogP contribution in [0.2, 0.25) is 0 Å². The van der Waals surface area contributed by atoms with E-state index in [9.17, 15) is 9.59 Å². The van der Waals surface area contributed by atoms with Crippen LogP contribution in [0, 0.1) is 5.41 Å². The van der Waals surface area contributed by atoms with Gasteiger partial charge >= 0.3 is 5.97 Å². The minimum Gasteiger partial charge on any atom is -0.466 e. The van der Waals surface area contributed by atoms with E-state index in [0.717, 1.165) is 51.0 Å². The molecule has 1 aromatic rings. The van der Waals surface area contributed by atoms with Crippen molar-refractivity contribution in [3.63, 3.8) is 0 Å². The van der Waals surface area contributed by atoms with E-state index in [1.54, 1.807) is 0 Å². The first-order chi connectivity index (χ1) is 13.6.